The van der Waals surface area contributed by atoms with Gasteiger partial charge in [0.2, 0.25) is 0 Å². The summed E-state index contributed by atoms with van der Waals surface area (Å²) in [6, 6.07) is 5.44. The highest BCUT2D eigenvalue weighted by atomic mass is 16.5. The van der Waals surface area contributed by atoms with E-state index in [-0.39, 0.29) is 5.57 Å². The third kappa shape index (κ3) is 7.41. The quantitative estimate of drug-likeness (QED) is 0.393. The number of rotatable bonds is 10. The Bertz CT molecular complexity index is 509. The van der Waals surface area contributed by atoms with Gasteiger partial charge in [-0.15, -0.1) is 0 Å². The molecular formula is C16H22N4O2. The summed E-state index contributed by atoms with van der Waals surface area (Å²) in [6.07, 6.45) is 7.52. The van der Waals surface area contributed by atoms with E-state index in [0.717, 1.165) is 25.9 Å². The third-order valence-electron chi connectivity index (χ3n) is 2.80. The lowest BCUT2D eigenvalue weighted by Gasteiger charge is -2.06. The molecule has 2 N–H and O–H groups in total. The molecule has 0 atom stereocenters. The molecule has 6 heteroatoms. The average molecular weight is 302 g/mol. The van der Waals surface area contributed by atoms with Gasteiger partial charge >= 0.3 is 0 Å². The van der Waals surface area contributed by atoms with E-state index < -0.39 is 5.91 Å². The van der Waals surface area contributed by atoms with Gasteiger partial charge in [0.1, 0.15) is 11.6 Å². The van der Waals surface area contributed by atoms with E-state index in [2.05, 4.69) is 22.5 Å². The number of pyridine rings is 1. The number of nitrogens with one attached hydrogen (secondary N) is 2. The SMILES string of the molecule is CCCCOCCCNC(=O)/C(C#N)=C\Nc1cccnc1. The molecule has 0 saturated heterocycles. The van der Waals surface area contributed by atoms with Crippen LogP contribution in [0.1, 0.15) is 26.2 Å². The van der Waals surface area contributed by atoms with Gasteiger partial charge in [-0.1, -0.05) is 13.3 Å². The Hall–Kier alpha value is -2.39. The maximum Gasteiger partial charge on any atom is 0.263 e. The Morgan fingerprint density at radius 1 is 1.45 bits per heavy atom. The van der Waals surface area contributed by atoms with Crippen molar-refractivity contribution >= 4 is 11.6 Å². The molecule has 0 fully saturated rings. The maximum atomic E-state index is 11.8. The summed E-state index contributed by atoms with van der Waals surface area (Å²) in [4.78, 5) is 15.8. The number of nitrogens with zero attached hydrogens (tertiary/aromatic N) is 2. The van der Waals surface area contributed by atoms with Gasteiger partial charge in [0.05, 0.1) is 11.9 Å². The number of hydrogen-bond donors (Lipinski definition) is 2. The number of nitriles is 1. The van der Waals surface area contributed by atoms with Crippen LogP contribution in [0.3, 0.4) is 0 Å². The van der Waals surface area contributed by atoms with Gasteiger partial charge in [0.25, 0.3) is 5.91 Å². The van der Waals surface area contributed by atoms with Gasteiger partial charge in [0, 0.05) is 32.2 Å². The lowest BCUT2D eigenvalue weighted by molar-refractivity contribution is -0.117. The lowest BCUT2D eigenvalue weighted by Crippen LogP contribution is -2.26. The monoisotopic (exact) mass is 302 g/mol. The first kappa shape index (κ1) is 17.7. The fraction of sp³-hybridized carbons (Fsp3) is 0.438. The molecule has 1 aromatic rings. The van der Waals surface area contributed by atoms with Gasteiger partial charge in [-0.3, -0.25) is 9.78 Å². The van der Waals surface area contributed by atoms with Crippen LogP contribution < -0.4 is 10.6 Å². The first-order valence-electron chi connectivity index (χ1n) is 7.40. The van der Waals surface area contributed by atoms with Crippen molar-refractivity contribution in [3.63, 3.8) is 0 Å². The van der Waals surface area contributed by atoms with Crippen molar-refractivity contribution in [2.75, 3.05) is 25.1 Å². The fourth-order valence-corrected chi connectivity index (χ4v) is 1.57. The van der Waals surface area contributed by atoms with Crippen LogP contribution in [-0.2, 0) is 9.53 Å². The Morgan fingerprint density at radius 2 is 2.27 bits per heavy atom. The number of aromatic nitrogens is 1. The zero-order valence-corrected chi connectivity index (χ0v) is 12.8. The van der Waals surface area contributed by atoms with Crippen LogP contribution in [0.5, 0.6) is 0 Å². The van der Waals surface area contributed by atoms with Gasteiger partial charge < -0.3 is 15.4 Å². The number of carbonyl (C=O) groups excluding carboxylic acids is 1. The molecule has 22 heavy (non-hydrogen) atoms. The average Bonchev–Trinajstić information content (AvgIpc) is 2.55. The Morgan fingerprint density at radius 3 is 2.95 bits per heavy atom. The van der Waals surface area contributed by atoms with E-state index in [4.69, 9.17) is 10.00 Å². The summed E-state index contributed by atoms with van der Waals surface area (Å²) >= 11 is 0. The summed E-state index contributed by atoms with van der Waals surface area (Å²) < 4.78 is 5.40. The summed E-state index contributed by atoms with van der Waals surface area (Å²) in [6.45, 7) is 3.96. The molecule has 118 valence electrons. The zero-order chi connectivity index (χ0) is 16.0. The van der Waals surface area contributed by atoms with Crippen molar-refractivity contribution in [1.29, 1.82) is 5.26 Å². The van der Waals surface area contributed by atoms with E-state index in [1.165, 1.54) is 6.20 Å². The van der Waals surface area contributed by atoms with Crippen LogP contribution in [0.2, 0.25) is 0 Å². The summed E-state index contributed by atoms with van der Waals surface area (Å²) in [5.74, 6) is -0.396. The molecule has 0 aliphatic heterocycles. The molecule has 0 aromatic carbocycles. The Labute approximate surface area is 131 Å². The molecule has 0 aliphatic carbocycles. The molecule has 1 heterocycles. The molecule has 0 bridgehead atoms. The normalized spacial score (nSPS) is 10.8. The van der Waals surface area contributed by atoms with Crippen molar-refractivity contribution in [3.8, 4) is 6.07 Å². The number of amides is 1. The second kappa shape index (κ2) is 11.3. The number of ether oxygens (including phenoxy) is 1. The molecule has 0 spiro atoms. The van der Waals surface area contributed by atoms with Gasteiger partial charge in [-0.25, -0.2) is 0 Å². The molecule has 0 unspecified atom stereocenters. The van der Waals surface area contributed by atoms with Crippen LogP contribution in [0, 0.1) is 11.3 Å². The van der Waals surface area contributed by atoms with Crippen LogP contribution >= 0.6 is 0 Å². The molecule has 6 nitrogen and oxygen atoms in total. The number of unbranched alkanes of at least 4 members (excludes halogenated alkanes) is 1. The molecule has 0 radical (unpaired) electrons. The zero-order valence-electron chi connectivity index (χ0n) is 12.8. The summed E-state index contributed by atoms with van der Waals surface area (Å²) in [5.41, 5.74) is 0.739. The number of carbonyl (C=O) groups is 1. The predicted octanol–water partition coefficient (Wildman–Crippen LogP) is 2.22. The minimum Gasteiger partial charge on any atom is -0.381 e. The van der Waals surface area contributed by atoms with E-state index >= 15 is 0 Å². The highest BCUT2D eigenvalue weighted by Gasteiger charge is 2.07. The van der Waals surface area contributed by atoms with E-state index in [1.807, 2.05) is 6.07 Å². The molecular weight excluding hydrogens is 280 g/mol. The van der Waals surface area contributed by atoms with Crippen LogP contribution in [0.4, 0.5) is 5.69 Å². The van der Waals surface area contributed by atoms with Crippen molar-refractivity contribution < 1.29 is 9.53 Å². The van der Waals surface area contributed by atoms with E-state index in [1.54, 1.807) is 24.5 Å². The van der Waals surface area contributed by atoms with Gasteiger partial charge in [0.15, 0.2) is 0 Å². The maximum absolute atomic E-state index is 11.8. The molecule has 0 aliphatic rings. The van der Waals surface area contributed by atoms with Crippen molar-refractivity contribution in [1.82, 2.24) is 10.3 Å². The van der Waals surface area contributed by atoms with Crippen molar-refractivity contribution in [3.05, 3.63) is 36.3 Å². The second-order valence-corrected chi connectivity index (χ2v) is 4.63. The summed E-state index contributed by atoms with van der Waals surface area (Å²) in [7, 11) is 0. The van der Waals surface area contributed by atoms with E-state index in [9.17, 15) is 4.79 Å². The Kier molecular flexibility index (Phi) is 9.06. The van der Waals surface area contributed by atoms with Crippen molar-refractivity contribution in [2.24, 2.45) is 0 Å². The lowest BCUT2D eigenvalue weighted by atomic mass is 10.3. The topological polar surface area (TPSA) is 87.0 Å². The number of anilines is 1. The highest BCUT2D eigenvalue weighted by molar-refractivity contribution is 5.97. The minimum absolute atomic E-state index is 0.0238. The summed E-state index contributed by atoms with van der Waals surface area (Å²) in [5, 5.41) is 14.6. The highest BCUT2D eigenvalue weighted by Crippen LogP contribution is 2.03. The van der Waals surface area contributed by atoms with E-state index in [0.29, 0.717) is 18.8 Å². The second-order valence-electron chi connectivity index (χ2n) is 4.63. The first-order chi connectivity index (χ1) is 10.8. The predicted molar refractivity (Wildman–Crippen MR) is 84.9 cm³/mol. The number of hydrogen-bond acceptors (Lipinski definition) is 5. The molecule has 1 aromatic heterocycles. The minimum atomic E-state index is -0.396. The fourth-order valence-electron chi connectivity index (χ4n) is 1.57. The largest absolute Gasteiger partial charge is 0.381 e. The molecule has 1 rings (SSSR count). The smallest absolute Gasteiger partial charge is 0.263 e. The van der Waals surface area contributed by atoms with Crippen LogP contribution in [0.15, 0.2) is 36.3 Å². The molecule has 1 amide bonds. The van der Waals surface area contributed by atoms with Crippen LogP contribution in [0.25, 0.3) is 0 Å². The standard InChI is InChI=1S/C16H22N4O2/c1-2-3-9-22-10-5-8-19-16(21)14(11-17)12-20-15-6-4-7-18-13-15/h4,6-7,12-13,20H,2-3,5,8-10H2,1H3,(H,19,21)/b14-12-. The van der Waals surface area contributed by atoms with Crippen LogP contribution in [-0.4, -0.2) is 30.6 Å². The van der Waals surface area contributed by atoms with Gasteiger partial charge in [-0.2, -0.15) is 5.26 Å². The third-order valence-corrected chi connectivity index (χ3v) is 2.80. The van der Waals surface area contributed by atoms with Gasteiger partial charge in [-0.05, 0) is 25.0 Å². The Balaban J connectivity index is 2.28. The van der Waals surface area contributed by atoms with Crippen molar-refractivity contribution in [2.45, 2.75) is 26.2 Å². The first-order valence-corrected chi connectivity index (χ1v) is 7.40. The molecule has 0 saturated carbocycles.